The number of benzene rings is 1. The van der Waals surface area contributed by atoms with E-state index in [1.165, 1.54) is 0 Å². The van der Waals surface area contributed by atoms with E-state index < -0.39 is 5.97 Å². The summed E-state index contributed by atoms with van der Waals surface area (Å²) < 4.78 is 6.11. The van der Waals surface area contributed by atoms with Gasteiger partial charge in [-0.3, -0.25) is 0 Å². The van der Waals surface area contributed by atoms with Crippen molar-refractivity contribution in [3.63, 3.8) is 0 Å². The highest BCUT2D eigenvalue weighted by Crippen LogP contribution is 2.26. The Morgan fingerprint density at radius 2 is 2.13 bits per heavy atom. The fourth-order valence-corrected chi connectivity index (χ4v) is 2.06. The summed E-state index contributed by atoms with van der Waals surface area (Å²) in [7, 11) is 0. The van der Waals surface area contributed by atoms with E-state index in [4.69, 9.17) is 9.52 Å². The standard InChI is InChI=1S/C11H7IO3/c12-9-6-7(11(13)14)3-4-8(9)10-2-1-5-15-10/h1-6H,(H,13,14). The third-order valence-electron chi connectivity index (χ3n) is 2.00. The molecule has 1 aromatic heterocycles. The molecule has 2 rings (SSSR count). The number of carboxylic acids is 1. The van der Waals surface area contributed by atoms with Crippen LogP contribution in [0.15, 0.2) is 41.0 Å². The van der Waals surface area contributed by atoms with Crippen molar-refractivity contribution < 1.29 is 14.3 Å². The minimum atomic E-state index is -0.918. The number of halogens is 1. The summed E-state index contributed by atoms with van der Waals surface area (Å²) in [6.45, 7) is 0. The van der Waals surface area contributed by atoms with Gasteiger partial charge in [-0.25, -0.2) is 4.79 Å². The van der Waals surface area contributed by atoms with Crippen LogP contribution in [0.4, 0.5) is 0 Å². The van der Waals surface area contributed by atoms with Gasteiger partial charge in [0.1, 0.15) is 5.76 Å². The summed E-state index contributed by atoms with van der Waals surface area (Å²) in [5, 5.41) is 8.80. The van der Waals surface area contributed by atoms with Gasteiger partial charge in [0.25, 0.3) is 0 Å². The van der Waals surface area contributed by atoms with Crippen molar-refractivity contribution in [1.29, 1.82) is 0 Å². The summed E-state index contributed by atoms with van der Waals surface area (Å²) in [4.78, 5) is 10.7. The van der Waals surface area contributed by atoms with Crippen molar-refractivity contribution in [2.45, 2.75) is 0 Å². The first-order chi connectivity index (χ1) is 7.18. The number of hydrogen-bond acceptors (Lipinski definition) is 2. The van der Waals surface area contributed by atoms with Crippen molar-refractivity contribution in [2.75, 3.05) is 0 Å². The average Bonchev–Trinajstić information content (AvgIpc) is 2.70. The van der Waals surface area contributed by atoms with Crippen LogP contribution in [0.1, 0.15) is 10.4 Å². The quantitative estimate of drug-likeness (QED) is 0.866. The zero-order valence-electron chi connectivity index (χ0n) is 7.61. The highest BCUT2D eigenvalue weighted by atomic mass is 127. The molecule has 1 aromatic carbocycles. The van der Waals surface area contributed by atoms with Crippen LogP contribution in [-0.4, -0.2) is 11.1 Å². The first-order valence-corrected chi connectivity index (χ1v) is 5.33. The molecule has 0 saturated heterocycles. The monoisotopic (exact) mass is 314 g/mol. The highest BCUT2D eigenvalue weighted by molar-refractivity contribution is 14.1. The number of aromatic carboxylic acids is 1. The number of carboxylic acid groups (broad SMARTS) is 1. The van der Waals surface area contributed by atoms with Crippen molar-refractivity contribution >= 4 is 28.6 Å². The van der Waals surface area contributed by atoms with Gasteiger partial charge in [-0.05, 0) is 52.9 Å². The Morgan fingerprint density at radius 1 is 1.33 bits per heavy atom. The van der Waals surface area contributed by atoms with Crippen LogP contribution in [0, 0.1) is 3.57 Å². The largest absolute Gasteiger partial charge is 0.478 e. The average molecular weight is 314 g/mol. The molecular formula is C11H7IO3. The van der Waals surface area contributed by atoms with Crippen LogP contribution in [0.2, 0.25) is 0 Å². The van der Waals surface area contributed by atoms with Gasteiger partial charge in [-0.2, -0.15) is 0 Å². The van der Waals surface area contributed by atoms with Gasteiger partial charge < -0.3 is 9.52 Å². The molecule has 1 heterocycles. The van der Waals surface area contributed by atoms with Crippen molar-refractivity contribution in [1.82, 2.24) is 0 Å². The second-order valence-corrected chi connectivity index (χ2v) is 4.14. The molecule has 76 valence electrons. The lowest BCUT2D eigenvalue weighted by atomic mass is 10.1. The van der Waals surface area contributed by atoms with Crippen LogP contribution >= 0.6 is 22.6 Å². The van der Waals surface area contributed by atoms with E-state index in [1.807, 2.05) is 6.07 Å². The first kappa shape index (κ1) is 10.2. The van der Waals surface area contributed by atoms with Crippen molar-refractivity contribution in [2.24, 2.45) is 0 Å². The maximum atomic E-state index is 10.7. The van der Waals surface area contributed by atoms with Gasteiger partial charge in [0.2, 0.25) is 0 Å². The Kier molecular flexibility index (Phi) is 2.77. The molecule has 0 aliphatic rings. The Bertz CT molecular complexity index is 489. The number of rotatable bonds is 2. The number of furan rings is 1. The smallest absolute Gasteiger partial charge is 0.335 e. The minimum Gasteiger partial charge on any atom is -0.478 e. The molecule has 15 heavy (non-hydrogen) atoms. The molecule has 0 saturated carbocycles. The molecule has 0 fully saturated rings. The first-order valence-electron chi connectivity index (χ1n) is 4.25. The third kappa shape index (κ3) is 2.04. The van der Waals surface area contributed by atoms with Crippen molar-refractivity contribution in [3.05, 3.63) is 45.7 Å². The van der Waals surface area contributed by atoms with E-state index in [9.17, 15) is 4.79 Å². The Balaban J connectivity index is 2.48. The molecule has 0 unspecified atom stereocenters. The molecule has 0 bridgehead atoms. The highest BCUT2D eigenvalue weighted by Gasteiger charge is 2.09. The fourth-order valence-electron chi connectivity index (χ4n) is 1.28. The Labute approximate surface area is 99.9 Å². The Hall–Kier alpha value is -1.30. The van der Waals surface area contributed by atoms with E-state index in [-0.39, 0.29) is 5.56 Å². The zero-order valence-corrected chi connectivity index (χ0v) is 9.76. The van der Waals surface area contributed by atoms with E-state index in [1.54, 1.807) is 30.5 Å². The third-order valence-corrected chi connectivity index (χ3v) is 2.90. The normalized spacial score (nSPS) is 10.2. The summed E-state index contributed by atoms with van der Waals surface area (Å²) >= 11 is 2.10. The predicted molar refractivity (Wildman–Crippen MR) is 63.8 cm³/mol. The molecule has 0 radical (unpaired) electrons. The van der Waals surface area contributed by atoms with Gasteiger partial charge in [-0.15, -0.1) is 0 Å². The van der Waals surface area contributed by atoms with Crippen LogP contribution < -0.4 is 0 Å². The van der Waals surface area contributed by atoms with Gasteiger partial charge in [-0.1, -0.05) is 0 Å². The summed E-state index contributed by atoms with van der Waals surface area (Å²) in [5.74, 6) is -0.171. The molecule has 0 atom stereocenters. The van der Waals surface area contributed by atoms with E-state index in [0.717, 1.165) is 14.9 Å². The summed E-state index contributed by atoms with van der Waals surface area (Å²) in [6, 6.07) is 8.60. The molecule has 1 N–H and O–H groups in total. The molecule has 2 aromatic rings. The molecule has 4 heteroatoms. The van der Waals surface area contributed by atoms with Gasteiger partial charge in [0, 0.05) is 9.13 Å². The molecule has 0 aliphatic carbocycles. The lowest BCUT2D eigenvalue weighted by molar-refractivity contribution is 0.0697. The fraction of sp³-hybridized carbons (Fsp3) is 0. The minimum absolute atomic E-state index is 0.287. The molecule has 0 spiro atoms. The Morgan fingerprint density at radius 3 is 2.67 bits per heavy atom. The summed E-state index contributed by atoms with van der Waals surface area (Å²) in [6.07, 6.45) is 1.59. The van der Waals surface area contributed by atoms with E-state index in [2.05, 4.69) is 22.6 Å². The topological polar surface area (TPSA) is 50.4 Å². The second-order valence-electron chi connectivity index (χ2n) is 2.98. The molecular weight excluding hydrogens is 307 g/mol. The lowest BCUT2D eigenvalue weighted by Crippen LogP contribution is -1.96. The van der Waals surface area contributed by atoms with Crippen LogP contribution in [0.3, 0.4) is 0 Å². The molecule has 0 amide bonds. The second kappa shape index (κ2) is 4.06. The van der Waals surface area contributed by atoms with Gasteiger partial charge in [0.05, 0.1) is 11.8 Å². The zero-order chi connectivity index (χ0) is 10.8. The van der Waals surface area contributed by atoms with Gasteiger partial charge >= 0.3 is 5.97 Å². The van der Waals surface area contributed by atoms with Crippen LogP contribution in [0.5, 0.6) is 0 Å². The van der Waals surface area contributed by atoms with E-state index in [0.29, 0.717) is 0 Å². The molecule has 0 aliphatic heterocycles. The van der Waals surface area contributed by atoms with E-state index >= 15 is 0 Å². The van der Waals surface area contributed by atoms with Crippen molar-refractivity contribution in [3.8, 4) is 11.3 Å². The predicted octanol–water partition coefficient (Wildman–Crippen LogP) is 3.25. The molecule has 3 nitrogen and oxygen atoms in total. The lowest BCUT2D eigenvalue weighted by Gasteiger charge is -2.02. The summed E-state index contributed by atoms with van der Waals surface area (Å²) in [5.41, 5.74) is 1.19. The number of carbonyl (C=O) groups is 1. The maximum Gasteiger partial charge on any atom is 0.335 e. The van der Waals surface area contributed by atoms with Crippen LogP contribution in [-0.2, 0) is 0 Å². The maximum absolute atomic E-state index is 10.7. The SMILES string of the molecule is O=C(O)c1ccc(-c2ccco2)c(I)c1. The van der Waals surface area contributed by atoms with Gasteiger partial charge in [0.15, 0.2) is 0 Å². The van der Waals surface area contributed by atoms with Crippen LogP contribution in [0.25, 0.3) is 11.3 Å². The number of hydrogen-bond donors (Lipinski definition) is 1.